The van der Waals surface area contributed by atoms with Crippen LogP contribution >= 0.6 is 0 Å². The third kappa shape index (κ3) is 1.92. The maximum absolute atomic E-state index is 4.16. The van der Waals surface area contributed by atoms with E-state index in [9.17, 15) is 0 Å². The molecule has 0 aromatic heterocycles. The molecule has 0 radical (unpaired) electrons. The van der Waals surface area contributed by atoms with Gasteiger partial charge in [-0.25, -0.2) is 0 Å². The molecule has 78 valence electrons. The van der Waals surface area contributed by atoms with E-state index in [1.807, 2.05) is 0 Å². The Morgan fingerprint density at radius 1 is 1.14 bits per heavy atom. The first-order chi connectivity index (χ1) is 6.45. The lowest BCUT2D eigenvalue weighted by atomic mass is 9.85. The molecule has 0 aromatic carbocycles. The summed E-state index contributed by atoms with van der Waals surface area (Å²) in [5.74, 6) is 1.07. The lowest BCUT2D eigenvalue weighted by molar-refractivity contribution is 0.650. The summed E-state index contributed by atoms with van der Waals surface area (Å²) < 4.78 is 0. The van der Waals surface area contributed by atoms with Gasteiger partial charge in [0.1, 0.15) is 0 Å². The highest BCUT2D eigenvalue weighted by Crippen LogP contribution is 2.31. The third-order valence-electron chi connectivity index (χ3n) is 2.69. The fourth-order valence-corrected chi connectivity index (χ4v) is 1.86. The normalized spacial score (nSPS) is 17.6. The molecule has 1 heterocycles. The molecular formula is C13H21N. The van der Waals surface area contributed by atoms with Gasteiger partial charge in [-0.15, -0.1) is 0 Å². The Bertz CT molecular complexity index is 303. The van der Waals surface area contributed by atoms with Gasteiger partial charge in [-0.05, 0) is 35.5 Å². The summed E-state index contributed by atoms with van der Waals surface area (Å²) >= 11 is 0. The molecular weight excluding hydrogens is 170 g/mol. The van der Waals surface area contributed by atoms with Crippen LogP contribution in [0.4, 0.5) is 0 Å². The van der Waals surface area contributed by atoms with Gasteiger partial charge < -0.3 is 5.32 Å². The highest BCUT2D eigenvalue weighted by atomic mass is 14.9. The Morgan fingerprint density at radius 3 is 2.14 bits per heavy atom. The van der Waals surface area contributed by atoms with Gasteiger partial charge in [0, 0.05) is 11.9 Å². The van der Waals surface area contributed by atoms with Crippen LogP contribution in [0.25, 0.3) is 0 Å². The van der Waals surface area contributed by atoms with Crippen molar-refractivity contribution in [2.45, 2.75) is 34.6 Å². The topological polar surface area (TPSA) is 12.0 Å². The van der Waals surface area contributed by atoms with Crippen LogP contribution in [0.15, 0.2) is 35.2 Å². The molecule has 0 saturated carbocycles. The molecule has 0 unspecified atom stereocenters. The summed E-state index contributed by atoms with van der Waals surface area (Å²) in [6, 6.07) is 0. The highest BCUT2D eigenvalue weighted by Gasteiger charge is 2.20. The lowest BCUT2D eigenvalue weighted by Crippen LogP contribution is -2.22. The quantitative estimate of drug-likeness (QED) is 0.703. The van der Waals surface area contributed by atoms with E-state index in [0.717, 1.165) is 0 Å². The molecule has 1 nitrogen and oxygen atoms in total. The van der Waals surface area contributed by atoms with Crippen molar-refractivity contribution >= 4 is 0 Å². The van der Waals surface area contributed by atoms with Gasteiger partial charge in [0.25, 0.3) is 0 Å². The summed E-state index contributed by atoms with van der Waals surface area (Å²) in [7, 11) is 0. The van der Waals surface area contributed by atoms with Crippen LogP contribution in [0.3, 0.4) is 0 Å². The summed E-state index contributed by atoms with van der Waals surface area (Å²) in [6.07, 6.45) is 2.06. The summed E-state index contributed by atoms with van der Waals surface area (Å²) in [4.78, 5) is 0. The molecule has 1 N–H and O–H groups in total. The number of dihydropyridines is 1. The second kappa shape index (κ2) is 4.04. The SMILES string of the molecule is C=C1C(C)=CNC(C(C)C)=C1C(C)C. The minimum Gasteiger partial charge on any atom is -0.364 e. The lowest BCUT2D eigenvalue weighted by Gasteiger charge is -2.27. The van der Waals surface area contributed by atoms with Crippen molar-refractivity contribution in [2.24, 2.45) is 11.8 Å². The highest BCUT2D eigenvalue weighted by molar-refractivity contribution is 5.50. The summed E-state index contributed by atoms with van der Waals surface area (Å²) in [5.41, 5.74) is 5.16. The fourth-order valence-electron chi connectivity index (χ4n) is 1.86. The van der Waals surface area contributed by atoms with Gasteiger partial charge in [0.2, 0.25) is 0 Å². The summed E-state index contributed by atoms with van der Waals surface area (Å²) in [6.45, 7) is 15.2. The van der Waals surface area contributed by atoms with Crippen molar-refractivity contribution in [2.75, 3.05) is 0 Å². The Kier molecular flexibility index (Phi) is 3.20. The third-order valence-corrected chi connectivity index (χ3v) is 2.69. The molecule has 0 amide bonds. The van der Waals surface area contributed by atoms with Crippen LogP contribution in [0.2, 0.25) is 0 Å². The van der Waals surface area contributed by atoms with E-state index in [-0.39, 0.29) is 0 Å². The van der Waals surface area contributed by atoms with Crippen LogP contribution in [-0.2, 0) is 0 Å². The van der Waals surface area contributed by atoms with Gasteiger partial charge in [-0.3, -0.25) is 0 Å². The second-order valence-corrected chi connectivity index (χ2v) is 4.59. The Hall–Kier alpha value is -0.980. The van der Waals surface area contributed by atoms with Gasteiger partial charge in [-0.1, -0.05) is 34.3 Å². The molecule has 0 aromatic rings. The van der Waals surface area contributed by atoms with Crippen LogP contribution in [0.5, 0.6) is 0 Å². The minimum atomic E-state index is 0.536. The molecule has 0 atom stereocenters. The van der Waals surface area contributed by atoms with Crippen molar-refractivity contribution in [3.63, 3.8) is 0 Å². The van der Waals surface area contributed by atoms with Gasteiger partial charge in [0.05, 0.1) is 0 Å². The number of nitrogens with one attached hydrogen (secondary N) is 1. The molecule has 0 bridgehead atoms. The van der Waals surface area contributed by atoms with E-state index in [1.54, 1.807) is 0 Å². The van der Waals surface area contributed by atoms with Crippen LogP contribution < -0.4 is 5.32 Å². The van der Waals surface area contributed by atoms with E-state index < -0.39 is 0 Å². The number of hydrogen-bond acceptors (Lipinski definition) is 1. The van der Waals surface area contributed by atoms with Crippen LogP contribution in [0.1, 0.15) is 34.6 Å². The molecule has 0 spiro atoms. The zero-order valence-electron chi connectivity index (χ0n) is 9.94. The first-order valence-electron chi connectivity index (χ1n) is 5.32. The van der Waals surface area contributed by atoms with Gasteiger partial charge in [0.15, 0.2) is 0 Å². The second-order valence-electron chi connectivity index (χ2n) is 4.59. The van der Waals surface area contributed by atoms with E-state index in [0.29, 0.717) is 11.8 Å². The van der Waals surface area contributed by atoms with Crippen molar-refractivity contribution < 1.29 is 0 Å². The van der Waals surface area contributed by atoms with Crippen LogP contribution in [0, 0.1) is 11.8 Å². The molecule has 1 aliphatic heterocycles. The largest absolute Gasteiger partial charge is 0.364 e. The molecule has 1 rings (SSSR count). The number of hydrogen-bond donors (Lipinski definition) is 1. The first-order valence-corrected chi connectivity index (χ1v) is 5.32. The molecule has 14 heavy (non-hydrogen) atoms. The van der Waals surface area contributed by atoms with Gasteiger partial charge >= 0.3 is 0 Å². The Labute approximate surface area is 87.6 Å². The minimum absolute atomic E-state index is 0.536. The smallest absolute Gasteiger partial charge is 0.0213 e. The van der Waals surface area contributed by atoms with Crippen molar-refractivity contribution in [3.8, 4) is 0 Å². The molecule has 0 aliphatic carbocycles. The standard InChI is InChI=1S/C13H21N/c1-8(2)12-11(6)10(5)7-14-13(12)9(3)4/h7-9,14H,6H2,1-5H3. The Morgan fingerprint density at radius 2 is 1.71 bits per heavy atom. The van der Waals surface area contributed by atoms with Crippen molar-refractivity contribution in [3.05, 3.63) is 35.2 Å². The predicted octanol–water partition coefficient (Wildman–Crippen LogP) is 3.62. The van der Waals surface area contributed by atoms with Crippen molar-refractivity contribution in [1.82, 2.24) is 5.32 Å². The molecule has 1 aliphatic rings. The number of allylic oxidation sites excluding steroid dienone is 4. The van der Waals surface area contributed by atoms with E-state index >= 15 is 0 Å². The van der Waals surface area contributed by atoms with Gasteiger partial charge in [-0.2, -0.15) is 0 Å². The molecule has 0 saturated heterocycles. The Balaban J connectivity index is 3.14. The predicted molar refractivity (Wildman–Crippen MR) is 62.7 cm³/mol. The van der Waals surface area contributed by atoms with Crippen LogP contribution in [-0.4, -0.2) is 0 Å². The fraction of sp³-hybridized carbons (Fsp3) is 0.538. The van der Waals surface area contributed by atoms with E-state index in [2.05, 4.69) is 52.7 Å². The average Bonchev–Trinajstić information content (AvgIpc) is 2.08. The van der Waals surface area contributed by atoms with E-state index in [4.69, 9.17) is 0 Å². The average molecular weight is 191 g/mol. The zero-order valence-corrected chi connectivity index (χ0v) is 9.94. The monoisotopic (exact) mass is 191 g/mol. The molecule has 1 heteroatoms. The number of rotatable bonds is 2. The first kappa shape index (κ1) is 11.1. The van der Waals surface area contributed by atoms with E-state index in [1.165, 1.54) is 22.4 Å². The maximum atomic E-state index is 4.16. The summed E-state index contributed by atoms with van der Waals surface area (Å²) in [5, 5.41) is 3.39. The van der Waals surface area contributed by atoms with Crippen molar-refractivity contribution in [1.29, 1.82) is 0 Å². The zero-order chi connectivity index (χ0) is 10.9. The maximum Gasteiger partial charge on any atom is 0.0213 e. The molecule has 0 fully saturated rings.